The third-order valence-electron chi connectivity index (χ3n) is 2.24. The van der Waals surface area contributed by atoms with Crippen molar-refractivity contribution >= 4 is 17.6 Å². The molecule has 96 valence electrons. The molecular formula is C11H15F3N2S. The highest BCUT2D eigenvalue weighted by Gasteiger charge is 2.30. The Morgan fingerprint density at radius 1 is 1.47 bits per heavy atom. The third-order valence-corrected chi connectivity index (χ3v) is 2.88. The van der Waals surface area contributed by atoms with Crippen LogP contribution in [0.5, 0.6) is 0 Å². The molecule has 1 atom stereocenters. The summed E-state index contributed by atoms with van der Waals surface area (Å²) in [5.74, 6) is 1.24. The predicted molar refractivity (Wildman–Crippen MR) is 65.3 cm³/mol. The molecular weight excluding hydrogens is 249 g/mol. The summed E-state index contributed by atoms with van der Waals surface area (Å²) in [4.78, 5) is 3.88. The summed E-state index contributed by atoms with van der Waals surface area (Å²) >= 11 is 1.71. The first-order valence-electron chi connectivity index (χ1n) is 5.22. The second-order valence-electron chi connectivity index (χ2n) is 3.75. The molecule has 0 amide bonds. The number of halogens is 3. The monoisotopic (exact) mass is 264 g/mol. The van der Waals surface area contributed by atoms with Gasteiger partial charge in [-0.25, -0.2) is 4.98 Å². The lowest BCUT2D eigenvalue weighted by atomic mass is 10.2. The molecule has 0 saturated heterocycles. The van der Waals surface area contributed by atoms with Crippen LogP contribution in [-0.2, 0) is 6.18 Å². The zero-order valence-electron chi connectivity index (χ0n) is 9.71. The van der Waals surface area contributed by atoms with Crippen LogP contribution >= 0.6 is 11.8 Å². The highest BCUT2D eigenvalue weighted by atomic mass is 32.2. The number of anilines is 1. The maximum Gasteiger partial charge on any atom is 0.416 e. The second kappa shape index (κ2) is 6.14. The minimum absolute atomic E-state index is 0.110. The Bertz CT molecular complexity index is 355. The van der Waals surface area contributed by atoms with Crippen LogP contribution in [0.3, 0.4) is 0 Å². The van der Waals surface area contributed by atoms with Gasteiger partial charge >= 0.3 is 6.18 Å². The van der Waals surface area contributed by atoms with Crippen molar-refractivity contribution in [2.75, 3.05) is 17.3 Å². The van der Waals surface area contributed by atoms with Crippen LogP contribution in [0.15, 0.2) is 18.3 Å². The van der Waals surface area contributed by atoms with Gasteiger partial charge in [0.25, 0.3) is 0 Å². The summed E-state index contributed by atoms with van der Waals surface area (Å²) in [5.41, 5.74) is -0.674. The first-order chi connectivity index (χ1) is 7.93. The molecule has 1 aromatic heterocycles. The summed E-state index contributed by atoms with van der Waals surface area (Å²) in [6, 6.07) is 2.12. The number of pyridine rings is 1. The molecule has 1 N–H and O–H groups in total. The summed E-state index contributed by atoms with van der Waals surface area (Å²) < 4.78 is 37.3. The number of aromatic nitrogens is 1. The van der Waals surface area contributed by atoms with Gasteiger partial charge in [0.1, 0.15) is 5.82 Å². The molecule has 17 heavy (non-hydrogen) atoms. The molecule has 0 aliphatic carbocycles. The maximum atomic E-state index is 12.4. The molecule has 1 rings (SSSR count). The zero-order valence-corrected chi connectivity index (χ0v) is 10.5. The number of hydrogen-bond acceptors (Lipinski definition) is 3. The summed E-state index contributed by atoms with van der Waals surface area (Å²) in [5, 5.41) is 2.96. The van der Waals surface area contributed by atoms with E-state index >= 15 is 0 Å². The van der Waals surface area contributed by atoms with Crippen molar-refractivity contribution < 1.29 is 13.2 Å². The van der Waals surface area contributed by atoms with E-state index in [9.17, 15) is 13.2 Å². The molecule has 1 unspecified atom stereocenters. The largest absolute Gasteiger partial charge is 0.416 e. The smallest absolute Gasteiger partial charge is 0.368 e. The molecule has 0 aliphatic heterocycles. The fraction of sp³-hybridized carbons (Fsp3) is 0.545. The number of nitrogens with one attached hydrogen (secondary N) is 1. The number of nitrogens with zero attached hydrogens (tertiary/aromatic N) is 1. The lowest BCUT2D eigenvalue weighted by Crippen LogP contribution is -2.17. The molecule has 2 nitrogen and oxygen atoms in total. The highest BCUT2D eigenvalue weighted by Crippen LogP contribution is 2.30. The predicted octanol–water partition coefficient (Wildman–Crippen LogP) is 3.65. The van der Waals surface area contributed by atoms with Gasteiger partial charge in [0.2, 0.25) is 0 Å². The normalized spacial score (nSPS) is 13.5. The Balaban J connectivity index is 2.66. The maximum absolute atomic E-state index is 12.4. The molecule has 0 radical (unpaired) electrons. The molecule has 0 aromatic carbocycles. The standard InChI is InChI=1S/C11H15F3N2S/c1-8(4-6-17-2)16-10-7-9(3-5-15-10)11(12,13)14/h3,5,7-8H,4,6H2,1-2H3,(H,15,16). The van der Waals surface area contributed by atoms with E-state index in [1.807, 2.05) is 13.2 Å². The van der Waals surface area contributed by atoms with E-state index in [0.717, 1.165) is 24.3 Å². The van der Waals surface area contributed by atoms with Crippen molar-refractivity contribution in [3.8, 4) is 0 Å². The van der Waals surface area contributed by atoms with E-state index in [4.69, 9.17) is 0 Å². The number of hydrogen-bond donors (Lipinski definition) is 1. The summed E-state index contributed by atoms with van der Waals surface area (Å²) in [6.45, 7) is 1.93. The van der Waals surface area contributed by atoms with E-state index in [1.165, 1.54) is 6.20 Å². The molecule has 0 spiro atoms. The van der Waals surface area contributed by atoms with Crippen LogP contribution in [0.25, 0.3) is 0 Å². The van der Waals surface area contributed by atoms with E-state index in [-0.39, 0.29) is 11.9 Å². The fourth-order valence-electron chi connectivity index (χ4n) is 1.31. The first kappa shape index (κ1) is 14.2. The Hall–Kier alpha value is -0.910. The lowest BCUT2D eigenvalue weighted by Gasteiger charge is -2.15. The summed E-state index contributed by atoms with van der Waals surface area (Å²) in [6.07, 6.45) is -0.261. The van der Waals surface area contributed by atoms with Crippen molar-refractivity contribution in [3.63, 3.8) is 0 Å². The zero-order chi connectivity index (χ0) is 12.9. The number of thioether (sulfide) groups is 1. The molecule has 6 heteroatoms. The average Bonchev–Trinajstić information content (AvgIpc) is 2.25. The molecule has 1 aromatic rings. The second-order valence-corrected chi connectivity index (χ2v) is 4.74. The van der Waals surface area contributed by atoms with Crippen LogP contribution in [0, 0.1) is 0 Å². The van der Waals surface area contributed by atoms with Gasteiger partial charge < -0.3 is 5.32 Å². The number of rotatable bonds is 5. The Kier molecular flexibility index (Phi) is 5.11. The summed E-state index contributed by atoms with van der Waals surface area (Å²) in [7, 11) is 0. The molecule has 0 saturated carbocycles. The van der Waals surface area contributed by atoms with Crippen molar-refractivity contribution in [1.29, 1.82) is 0 Å². The van der Waals surface area contributed by atoms with Crippen molar-refractivity contribution in [1.82, 2.24) is 4.98 Å². The lowest BCUT2D eigenvalue weighted by molar-refractivity contribution is -0.137. The molecule has 0 aliphatic rings. The first-order valence-corrected chi connectivity index (χ1v) is 6.61. The Morgan fingerprint density at radius 3 is 2.76 bits per heavy atom. The van der Waals surface area contributed by atoms with Gasteiger partial charge in [0, 0.05) is 12.2 Å². The van der Waals surface area contributed by atoms with Crippen LogP contribution in [0.1, 0.15) is 18.9 Å². The van der Waals surface area contributed by atoms with Gasteiger partial charge in [-0.15, -0.1) is 0 Å². The fourth-order valence-corrected chi connectivity index (χ4v) is 1.89. The van der Waals surface area contributed by atoms with E-state index in [1.54, 1.807) is 11.8 Å². The molecule has 0 fully saturated rings. The number of alkyl halides is 3. The SMILES string of the molecule is CSCCC(C)Nc1cc(C(F)(F)F)ccn1. The van der Waals surface area contributed by atoms with Crippen molar-refractivity contribution in [2.45, 2.75) is 25.6 Å². The van der Waals surface area contributed by atoms with Gasteiger partial charge in [0.05, 0.1) is 5.56 Å². The Morgan fingerprint density at radius 2 is 2.18 bits per heavy atom. The van der Waals surface area contributed by atoms with E-state index in [0.29, 0.717) is 0 Å². The van der Waals surface area contributed by atoms with Crippen LogP contribution in [-0.4, -0.2) is 23.0 Å². The molecule has 0 bridgehead atoms. The van der Waals surface area contributed by atoms with Gasteiger partial charge in [0.15, 0.2) is 0 Å². The van der Waals surface area contributed by atoms with E-state index < -0.39 is 11.7 Å². The van der Waals surface area contributed by atoms with Gasteiger partial charge in [-0.05, 0) is 37.5 Å². The minimum Gasteiger partial charge on any atom is -0.368 e. The van der Waals surface area contributed by atoms with Crippen molar-refractivity contribution in [3.05, 3.63) is 23.9 Å². The van der Waals surface area contributed by atoms with Crippen LogP contribution in [0.2, 0.25) is 0 Å². The van der Waals surface area contributed by atoms with Gasteiger partial charge in [-0.2, -0.15) is 24.9 Å². The van der Waals surface area contributed by atoms with Crippen molar-refractivity contribution in [2.24, 2.45) is 0 Å². The third kappa shape index (κ3) is 4.85. The molecule has 1 heterocycles. The van der Waals surface area contributed by atoms with Crippen LogP contribution in [0.4, 0.5) is 19.0 Å². The quantitative estimate of drug-likeness (QED) is 0.878. The minimum atomic E-state index is -4.32. The van der Waals surface area contributed by atoms with Gasteiger partial charge in [-0.3, -0.25) is 0 Å². The highest BCUT2D eigenvalue weighted by molar-refractivity contribution is 7.98. The van der Waals surface area contributed by atoms with E-state index in [2.05, 4.69) is 10.3 Å². The Labute approximate surface area is 103 Å². The van der Waals surface area contributed by atoms with Gasteiger partial charge in [-0.1, -0.05) is 0 Å². The topological polar surface area (TPSA) is 24.9 Å². The average molecular weight is 264 g/mol. The van der Waals surface area contributed by atoms with Crippen LogP contribution < -0.4 is 5.32 Å².